The summed E-state index contributed by atoms with van der Waals surface area (Å²) in [5.74, 6) is 0. The lowest BCUT2D eigenvalue weighted by molar-refractivity contribution is 0.364. The molecular formula is C21H19ClO3S3. The zero-order chi connectivity index (χ0) is 20.0. The number of alkyl halides is 1. The molecule has 0 bridgehead atoms. The molecule has 1 atom stereocenters. The fourth-order valence-electron chi connectivity index (χ4n) is 2.35. The van der Waals surface area contributed by atoms with Crippen LogP contribution in [0.25, 0.3) is 0 Å². The Morgan fingerprint density at radius 2 is 1.46 bits per heavy atom. The van der Waals surface area contributed by atoms with Crippen LogP contribution in [0.4, 0.5) is 0 Å². The van der Waals surface area contributed by atoms with Crippen molar-refractivity contribution in [1.82, 2.24) is 0 Å². The van der Waals surface area contributed by atoms with Gasteiger partial charge in [0.1, 0.15) is 0 Å². The van der Waals surface area contributed by atoms with Gasteiger partial charge in [0.05, 0.1) is 11.5 Å². The van der Waals surface area contributed by atoms with Crippen LogP contribution in [-0.4, -0.2) is 11.3 Å². The molecule has 0 amide bonds. The Labute approximate surface area is 179 Å². The Kier molecular flexibility index (Phi) is 7.12. The van der Waals surface area contributed by atoms with Crippen molar-refractivity contribution in [2.75, 3.05) is 0 Å². The molecular weight excluding hydrogens is 432 g/mol. The molecule has 28 heavy (non-hydrogen) atoms. The molecule has 146 valence electrons. The molecule has 0 spiro atoms. The van der Waals surface area contributed by atoms with Gasteiger partial charge in [-0.15, -0.1) is 0 Å². The number of sulfone groups is 1. The van der Waals surface area contributed by atoms with Crippen LogP contribution in [0, 0.1) is 6.92 Å². The van der Waals surface area contributed by atoms with Crippen molar-refractivity contribution in [3.63, 3.8) is 0 Å². The van der Waals surface area contributed by atoms with E-state index in [0.29, 0.717) is 0 Å². The Hall–Kier alpha value is -1.44. The molecule has 3 aromatic rings. The number of hydrogen-bond donors (Lipinski definition) is 0. The highest BCUT2D eigenvalue weighted by atomic mass is 35.5. The number of rotatable bonds is 8. The van der Waals surface area contributed by atoms with Gasteiger partial charge in [-0.25, -0.2) is 8.42 Å². The van der Waals surface area contributed by atoms with E-state index < -0.39 is 12.7 Å². The quantitative estimate of drug-likeness (QED) is 0.175. The Morgan fingerprint density at radius 1 is 0.893 bits per heavy atom. The average Bonchev–Trinajstić information content (AvgIpc) is 2.70. The molecule has 3 rings (SSSR count). The molecule has 0 fully saturated rings. The largest absolute Gasteiger partial charge is 0.307 e. The van der Waals surface area contributed by atoms with Crippen LogP contribution in [0.5, 0.6) is 0 Å². The van der Waals surface area contributed by atoms with Gasteiger partial charge in [0.15, 0.2) is 0 Å². The van der Waals surface area contributed by atoms with Gasteiger partial charge in [-0.3, -0.25) is 0 Å². The van der Waals surface area contributed by atoms with Crippen molar-refractivity contribution in [3.05, 3.63) is 96.1 Å². The van der Waals surface area contributed by atoms with E-state index >= 15 is 0 Å². The van der Waals surface area contributed by atoms with Crippen molar-refractivity contribution < 1.29 is 12.6 Å². The molecule has 0 saturated carbocycles. The standard InChI is InChI=1S/C21H19ClO3S3/c1-17-12-14-20(15-13-17)28(23,24)21(22,26-19-10-6-3-7-11-19)27-25-16-18-8-4-2-5-9-18/h2-15H,16H2,1H3/t21-/m0/s1. The molecule has 0 saturated heterocycles. The molecule has 0 aliphatic carbocycles. The summed E-state index contributed by atoms with van der Waals surface area (Å²) in [6.45, 7) is 2.15. The van der Waals surface area contributed by atoms with Gasteiger partial charge >= 0.3 is 0 Å². The first-order valence-electron chi connectivity index (χ1n) is 8.49. The normalized spacial score (nSPS) is 13.8. The second-order valence-corrected chi connectivity index (χ2v) is 12.5. The summed E-state index contributed by atoms with van der Waals surface area (Å²) in [5.41, 5.74) is 1.91. The predicted molar refractivity (Wildman–Crippen MR) is 118 cm³/mol. The molecule has 0 aliphatic heterocycles. The predicted octanol–water partition coefficient (Wildman–Crippen LogP) is 6.28. The zero-order valence-electron chi connectivity index (χ0n) is 15.1. The van der Waals surface area contributed by atoms with Gasteiger partial charge in [-0.1, -0.05) is 89.6 Å². The van der Waals surface area contributed by atoms with Crippen molar-refractivity contribution >= 4 is 45.2 Å². The van der Waals surface area contributed by atoms with Crippen LogP contribution >= 0.6 is 35.4 Å². The van der Waals surface area contributed by atoms with Gasteiger partial charge < -0.3 is 4.18 Å². The molecule has 0 heterocycles. The van der Waals surface area contributed by atoms with Crippen LogP contribution in [0.1, 0.15) is 11.1 Å². The molecule has 7 heteroatoms. The maximum absolute atomic E-state index is 13.4. The van der Waals surface area contributed by atoms with Gasteiger partial charge in [0, 0.05) is 16.9 Å². The summed E-state index contributed by atoms with van der Waals surface area (Å²) in [5, 5.41) is 0. The third-order valence-corrected chi connectivity index (χ3v) is 9.84. The molecule has 0 N–H and O–H groups in total. The maximum Gasteiger partial charge on any atom is 0.270 e. The highest BCUT2D eigenvalue weighted by Crippen LogP contribution is 2.52. The Morgan fingerprint density at radius 3 is 2.07 bits per heavy atom. The van der Waals surface area contributed by atoms with Crippen LogP contribution in [-0.2, 0) is 20.6 Å². The number of hydrogen-bond acceptors (Lipinski definition) is 5. The molecule has 0 aliphatic rings. The van der Waals surface area contributed by atoms with Gasteiger partial charge in [-0.2, -0.15) is 0 Å². The summed E-state index contributed by atoms with van der Waals surface area (Å²) in [4.78, 5) is 0.899. The van der Waals surface area contributed by atoms with Gasteiger partial charge in [0.2, 0.25) is 9.84 Å². The first-order valence-corrected chi connectivity index (χ1v) is 11.9. The van der Waals surface area contributed by atoms with E-state index in [1.165, 1.54) is 0 Å². The van der Waals surface area contributed by atoms with Crippen LogP contribution in [0.2, 0.25) is 0 Å². The van der Waals surface area contributed by atoms with Crippen molar-refractivity contribution in [3.8, 4) is 0 Å². The summed E-state index contributed by atoms with van der Waals surface area (Å²) in [7, 11) is -3.90. The number of thioether (sulfide) groups is 1. The Bertz CT molecular complexity index is 994. The van der Waals surface area contributed by atoms with Gasteiger partial charge in [0.25, 0.3) is 2.87 Å². The topological polar surface area (TPSA) is 43.4 Å². The number of aryl methyl sites for hydroxylation is 1. The molecule has 0 radical (unpaired) electrons. The molecule has 0 aromatic heterocycles. The second-order valence-electron chi connectivity index (χ2n) is 6.04. The minimum absolute atomic E-state index is 0.160. The van der Waals surface area contributed by atoms with E-state index in [-0.39, 0.29) is 11.5 Å². The molecule has 3 aromatic carbocycles. The summed E-state index contributed by atoms with van der Waals surface area (Å²) >= 11 is 8.53. The van der Waals surface area contributed by atoms with Gasteiger partial charge in [-0.05, 0) is 36.8 Å². The maximum atomic E-state index is 13.4. The molecule has 0 unspecified atom stereocenters. The third kappa shape index (κ3) is 5.13. The number of halogens is 1. The third-order valence-electron chi connectivity index (χ3n) is 3.86. The van der Waals surface area contributed by atoms with Crippen LogP contribution in [0.3, 0.4) is 0 Å². The van der Waals surface area contributed by atoms with Crippen LogP contribution in [0.15, 0.2) is 94.7 Å². The summed E-state index contributed by atoms with van der Waals surface area (Å²) in [6.07, 6.45) is 0. The van der Waals surface area contributed by atoms with E-state index in [2.05, 4.69) is 0 Å². The lowest BCUT2D eigenvalue weighted by Gasteiger charge is -2.25. The minimum Gasteiger partial charge on any atom is -0.307 e. The average molecular weight is 451 g/mol. The monoisotopic (exact) mass is 450 g/mol. The highest BCUT2D eigenvalue weighted by Gasteiger charge is 2.46. The highest BCUT2D eigenvalue weighted by molar-refractivity contribution is 8.32. The van der Waals surface area contributed by atoms with E-state index in [0.717, 1.165) is 39.8 Å². The van der Waals surface area contributed by atoms with Crippen molar-refractivity contribution in [2.45, 2.75) is 26.2 Å². The first-order chi connectivity index (χ1) is 13.4. The SMILES string of the molecule is Cc1ccc(S(=O)(=O)[C@](Cl)(SOCc2ccccc2)Sc2ccccc2)cc1. The summed E-state index contributed by atoms with van der Waals surface area (Å²) < 4.78 is 30.6. The fraction of sp³-hybridized carbons (Fsp3) is 0.143. The summed E-state index contributed by atoms with van der Waals surface area (Å²) in [6, 6.07) is 25.4. The van der Waals surface area contributed by atoms with Crippen molar-refractivity contribution in [2.24, 2.45) is 0 Å². The fourth-order valence-corrected chi connectivity index (χ4v) is 7.08. The second kappa shape index (κ2) is 9.37. The first kappa shape index (κ1) is 21.3. The van der Waals surface area contributed by atoms with E-state index in [1.807, 2.05) is 67.6 Å². The van der Waals surface area contributed by atoms with Crippen molar-refractivity contribution in [1.29, 1.82) is 0 Å². The minimum atomic E-state index is -3.90. The Balaban J connectivity index is 1.87. The molecule has 3 nitrogen and oxygen atoms in total. The van der Waals surface area contributed by atoms with Crippen LogP contribution < -0.4 is 0 Å². The van der Waals surface area contributed by atoms with E-state index in [1.54, 1.807) is 24.3 Å². The number of benzene rings is 3. The smallest absolute Gasteiger partial charge is 0.270 e. The lowest BCUT2D eigenvalue weighted by atomic mass is 10.2. The zero-order valence-corrected chi connectivity index (χ0v) is 18.3. The van der Waals surface area contributed by atoms with E-state index in [9.17, 15) is 8.42 Å². The van der Waals surface area contributed by atoms with E-state index in [4.69, 9.17) is 15.8 Å². The lowest BCUT2D eigenvalue weighted by Crippen LogP contribution is -2.26.